The summed E-state index contributed by atoms with van der Waals surface area (Å²) in [5.41, 5.74) is 2.67. The van der Waals surface area contributed by atoms with Crippen molar-refractivity contribution in [3.05, 3.63) is 35.7 Å². The Labute approximate surface area is 134 Å². The van der Waals surface area contributed by atoms with E-state index in [-0.39, 0.29) is 18.1 Å². The number of hydrogen-bond acceptors (Lipinski definition) is 4. The molecule has 2 aliphatic rings. The minimum absolute atomic E-state index is 0.0251. The Kier molecular flexibility index (Phi) is 3.26. The highest BCUT2D eigenvalue weighted by atomic mass is 16.5. The number of imidazole rings is 1. The van der Waals surface area contributed by atoms with Gasteiger partial charge in [0.15, 0.2) is 5.69 Å². The maximum absolute atomic E-state index is 12.8. The number of hydrogen-bond donors (Lipinski definition) is 0. The predicted molar refractivity (Wildman–Crippen MR) is 83.0 cm³/mol. The summed E-state index contributed by atoms with van der Waals surface area (Å²) < 4.78 is 9.71. The van der Waals surface area contributed by atoms with Gasteiger partial charge in [0.05, 0.1) is 30.3 Å². The van der Waals surface area contributed by atoms with Crippen LogP contribution in [0.3, 0.4) is 0 Å². The van der Waals surface area contributed by atoms with E-state index in [1.54, 1.807) is 17.2 Å². The van der Waals surface area contributed by atoms with Crippen molar-refractivity contribution in [2.75, 3.05) is 13.1 Å². The lowest BCUT2D eigenvalue weighted by atomic mass is 9.98. The van der Waals surface area contributed by atoms with E-state index >= 15 is 0 Å². The van der Waals surface area contributed by atoms with Crippen LogP contribution in [0.1, 0.15) is 47.7 Å². The number of amides is 1. The molecule has 7 nitrogen and oxygen atoms in total. The van der Waals surface area contributed by atoms with Crippen LogP contribution in [0.25, 0.3) is 0 Å². The molecule has 2 atom stereocenters. The Morgan fingerprint density at radius 3 is 2.83 bits per heavy atom. The highest BCUT2D eigenvalue weighted by molar-refractivity contribution is 5.94. The van der Waals surface area contributed by atoms with Gasteiger partial charge in [-0.15, -0.1) is 0 Å². The van der Waals surface area contributed by atoms with Crippen LogP contribution in [0.15, 0.2) is 18.7 Å². The number of likely N-dealkylation sites (tertiary alicyclic amines) is 1. The Morgan fingerprint density at radius 1 is 1.35 bits per heavy atom. The van der Waals surface area contributed by atoms with Crippen molar-refractivity contribution >= 4 is 5.91 Å². The van der Waals surface area contributed by atoms with Crippen LogP contribution in [0.2, 0.25) is 0 Å². The van der Waals surface area contributed by atoms with Crippen LogP contribution in [0.5, 0.6) is 0 Å². The molecular weight excluding hydrogens is 294 g/mol. The molecule has 0 aliphatic carbocycles. The fourth-order valence-electron chi connectivity index (χ4n) is 3.66. The smallest absolute Gasteiger partial charge is 0.274 e. The topological polar surface area (TPSA) is 65.2 Å². The number of carbonyl (C=O) groups is 1. The minimum Gasteiger partial charge on any atom is -0.369 e. The van der Waals surface area contributed by atoms with Crippen molar-refractivity contribution in [1.82, 2.24) is 24.2 Å². The molecule has 0 saturated carbocycles. The van der Waals surface area contributed by atoms with Crippen molar-refractivity contribution in [2.45, 2.75) is 38.5 Å². The SMILES string of the molecule is C[C@@H]1Cc2c(C(=O)N3CC(n4ccnc4)C3)nn(C)c2[C@H](C)O1. The van der Waals surface area contributed by atoms with Gasteiger partial charge in [-0.05, 0) is 13.8 Å². The van der Waals surface area contributed by atoms with E-state index in [1.165, 1.54) is 0 Å². The fraction of sp³-hybridized carbons (Fsp3) is 0.562. The number of fused-ring (bicyclic) bond motifs is 1. The Morgan fingerprint density at radius 2 is 2.13 bits per heavy atom. The third kappa shape index (κ3) is 2.26. The van der Waals surface area contributed by atoms with E-state index in [0.29, 0.717) is 24.8 Å². The third-order valence-corrected chi connectivity index (χ3v) is 4.81. The molecule has 4 rings (SSSR count). The molecule has 0 radical (unpaired) electrons. The first-order valence-corrected chi connectivity index (χ1v) is 8.02. The molecule has 23 heavy (non-hydrogen) atoms. The summed E-state index contributed by atoms with van der Waals surface area (Å²) in [5.74, 6) is 0.0273. The standard InChI is InChI=1S/C16H21N5O2/c1-10-6-13-14(18-19(3)15(13)11(2)23-10)16(22)21-7-12(8-21)20-5-4-17-9-20/h4-5,9-12H,6-8H2,1-3H3/t10-,11+/m1/s1. The zero-order chi connectivity index (χ0) is 16.1. The molecule has 1 fully saturated rings. The summed E-state index contributed by atoms with van der Waals surface area (Å²) in [5, 5.41) is 4.49. The molecule has 1 saturated heterocycles. The van der Waals surface area contributed by atoms with Crippen LogP contribution in [-0.2, 0) is 18.2 Å². The lowest BCUT2D eigenvalue weighted by Gasteiger charge is -2.39. The van der Waals surface area contributed by atoms with Crippen LogP contribution in [0.4, 0.5) is 0 Å². The number of aromatic nitrogens is 4. The summed E-state index contributed by atoms with van der Waals surface area (Å²) in [4.78, 5) is 18.7. The number of nitrogens with zero attached hydrogens (tertiary/aromatic N) is 5. The minimum atomic E-state index is -0.0251. The maximum atomic E-state index is 12.8. The van der Waals surface area contributed by atoms with Crippen LogP contribution >= 0.6 is 0 Å². The summed E-state index contributed by atoms with van der Waals surface area (Å²) in [6.45, 7) is 5.48. The molecule has 4 heterocycles. The summed E-state index contributed by atoms with van der Waals surface area (Å²) in [6.07, 6.45) is 6.34. The van der Waals surface area contributed by atoms with Gasteiger partial charge in [-0.25, -0.2) is 4.98 Å². The molecule has 0 aromatic carbocycles. The van der Waals surface area contributed by atoms with Crippen molar-refractivity contribution in [1.29, 1.82) is 0 Å². The quantitative estimate of drug-likeness (QED) is 0.839. The lowest BCUT2D eigenvalue weighted by Crippen LogP contribution is -2.50. The largest absolute Gasteiger partial charge is 0.369 e. The predicted octanol–water partition coefficient (Wildman–Crippen LogP) is 1.34. The van der Waals surface area contributed by atoms with Gasteiger partial charge in [0, 0.05) is 44.5 Å². The van der Waals surface area contributed by atoms with Crippen LogP contribution in [-0.4, -0.2) is 49.3 Å². The first kappa shape index (κ1) is 14.4. The Bertz CT molecular complexity index is 730. The van der Waals surface area contributed by atoms with Gasteiger partial charge in [0.25, 0.3) is 5.91 Å². The molecule has 2 aromatic heterocycles. The molecular formula is C16H21N5O2. The monoisotopic (exact) mass is 315 g/mol. The molecule has 0 bridgehead atoms. The number of aryl methyl sites for hydroxylation is 1. The van der Waals surface area contributed by atoms with Crippen molar-refractivity contribution in [3.8, 4) is 0 Å². The molecule has 1 amide bonds. The van der Waals surface area contributed by atoms with Gasteiger partial charge in [-0.2, -0.15) is 5.10 Å². The van der Waals surface area contributed by atoms with Gasteiger partial charge in [0.1, 0.15) is 0 Å². The fourth-order valence-corrected chi connectivity index (χ4v) is 3.66. The first-order chi connectivity index (χ1) is 11.0. The number of ether oxygens (including phenoxy) is 1. The average Bonchev–Trinajstić information content (AvgIpc) is 3.05. The third-order valence-electron chi connectivity index (χ3n) is 4.81. The second kappa shape index (κ2) is 5.19. The molecule has 0 spiro atoms. The van der Waals surface area contributed by atoms with Gasteiger partial charge in [-0.1, -0.05) is 0 Å². The van der Waals surface area contributed by atoms with Gasteiger partial charge < -0.3 is 14.2 Å². The van der Waals surface area contributed by atoms with E-state index in [1.807, 2.05) is 32.0 Å². The molecule has 2 aromatic rings. The molecule has 0 unspecified atom stereocenters. The summed E-state index contributed by atoms with van der Waals surface area (Å²) in [6, 6.07) is 0.321. The van der Waals surface area contributed by atoms with E-state index in [0.717, 1.165) is 17.7 Å². The molecule has 7 heteroatoms. The van der Waals surface area contributed by atoms with Crippen molar-refractivity contribution in [3.63, 3.8) is 0 Å². The first-order valence-electron chi connectivity index (χ1n) is 8.02. The normalized spacial score (nSPS) is 24.4. The van der Waals surface area contributed by atoms with Crippen LogP contribution in [0, 0.1) is 0 Å². The van der Waals surface area contributed by atoms with Crippen molar-refractivity contribution in [2.24, 2.45) is 7.05 Å². The summed E-state index contributed by atoms with van der Waals surface area (Å²) in [7, 11) is 1.88. The zero-order valence-corrected chi connectivity index (χ0v) is 13.6. The highest BCUT2D eigenvalue weighted by Gasteiger charge is 2.37. The van der Waals surface area contributed by atoms with Crippen LogP contribution < -0.4 is 0 Å². The zero-order valence-electron chi connectivity index (χ0n) is 13.6. The number of carbonyl (C=O) groups excluding carboxylic acids is 1. The van der Waals surface area contributed by atoms with Gasteiger partial charge in [-0.3, -0.25) is 9.48 Å². The van der Waals surface area contributed by atoms with E-state index in [2.05, 4.69) is 14.6 Å². The highest BCUT2D eigenvalue weighted by Crippen LogP contribution is 2.33. The Hall–Kier alpha value is -2.15. The Balaban J connectivity index is 1.55. The van der Waals surface area contributed by atoms with E-state index < -0.39 is 0 Å². The molecule has 122 valence electrons. The van der Waals surface area contributed by atoms with Gasteiger partial charge in [0.2, 0.25) is 0 Å². The van der Waals surface area contributed by atoms with E-state index in [9.17, 15) is 4.79 Å². The molecule has 2 aliphatic heterocycles. The lowest BCUT2D eigenvalue weighted by molar-refractivity contribution is -0.00911. The molecule has 0 N–H and O–H groups in total. The second-order valence-electron chi connectivity index (χ2n) is 6.50. The number of rotatable bonds is 2. The average molecular weight is 315 g/mol. The van der Waals surface area contributed by atoms with Gasteiger partial charge >= 0.3 is 0 Å². The van der Waals surface area contributed by atoms with Crippen molar-refractivity contribution < 1.29 is 9.53 Å². The second-order valence-corrected chi connectivity index (χ2v) is 6.50. The maximum Gasteiger partial charge on any atom is 0.274 e. The van der Waals surface area contributed by atoms with E-state index in [4.69, 9.17) is 4.74 Å². The summed E-state index contributed by atoms with van der Waals surface area (Å²) >= 11 is 0.